The lowest BCUT2D eigenvalue weighted by Crippen LogP contribution is -2.06. The third-order valence-electron chi connectivity index (χ3n) is 3.47. The van der Waals surface area contributed by atoms with Crippen LogP contribution in [0.1, 0.15) is 16.8 Å². The van der Waals surface area contributed by atoms with Crippen molar-refractivity contribution in [2.45, 2.75) is 20.0 Å². The first kappa shape index (κ1) is 15.3. The van der Waals surface area contributed by atoms with Gasteiger partial charge in [-0.2, -0.15) is 18.3 Å². The van der Waals surface area contributed by atoms with E-state index in [1.54, 1.807) is 25.1 Å². The molecule has 0 aliphatic heterocycles. The SMILES string of the molecule is Cc1ccc(-c2cc(C(F)(F)F)cc(-c3cc(C)[nH]n3)n2)cc1. The minimum Gasteiger partial charge on any atom is -0.282 e. The Morgan fingerprint density at radius 2 is 1.52 bits per heavy atom. The maximum Gasteiger partial charge on any atom is 0.416 e. The minimum absolute atomic E-state index is 0.194. The Bertz CT molecular complexity index is 833. The highest BCUT2D eigenvalue weighted by molar-refractivity contribution is 5.66. The van der Waals surface area contributed by atoms with Crippen molar-refractivity contribution in [2.75, 3.05) is 0 Å². The van der Waals surface area contributed by atoms with Crippen LogP contribution in [0.3, 0.4) is 0 Å². The molecule has 1 N–H and O–H groups in total. The van der Waals surface area contributed by atoms with Gasteiger partial charge in [0, 0.05) is 11.3 Å². The van der Waals surface area contributed by atoms with E-state index in [0.717, 1.165) is 23.4 Å². The number of aryl methyl sites for hydroxylation is 2. The number of benzene rings is 1. The summed E-state index contributed by atoms with van der Waals surface area (Å²) in [6, 6.07) is 11.0. The molecule has 0 amide bonds. The fourth-order valence-electron chi connectivity index (χ4n) is 2.25. The van der Waals surface area contributed by atoms with E-state index in [-0.39, 0.29) is 11.4 Å². The van der Waals surface area contributed by atoms with E-state index in [9.17, 15) is 13.2 Å². The van der Waals surface area contributed by atoms with Crippen molar-refractivity contribution in [3.8, 4) is 22.6 Å². The summed E-state index contributed by atoms with van der Waals surface area (Å²) in [5.41, 5.74) is 2.55. The number of rotatable bonds is 2. The Morgan fingerprint density at radius 1 is 0.870 bits per heavy atom. The van der Waals surface area contributed by atoms with Gasteiger partial charge in [-0.25, -0.2) is 4.98 Å². The summed E-state index contributed by atoms with van der Waals surface area (Å²) in [7, 11) is 0. The average Bonchev–Trinajstić information content (AvgIpc) is 2.93. The van der Waals surface area contributed by atoms with Gasteiger partial charge in [-0.3, -0.25) is 5.10 Å². The Labute approximate surface area is 131 Å². The molecule has 0 spiro atoms. The number of alkyl halides is 3. The smallest absolute Gasteiger partial charge is 0.282 e. The third kappa shape index (κ3) is 3.26. The predicted octanol–water partition coefficient (Wildman–Crippen LogP) is 4.77. The molecule has 1 aromatic carbocycles. The Kier molecular flexibility index (Phi) is 3.67. The number of pyridine rings is 1. The van der Waals surface area contributed by atoms with Crippen molar-refractivity contribution in [1.29, 1.82) is 0 Å². The zero-order valence-electron chi connectivity index (χ0n) is 12.6. The molecule has 118 valence electrons. The lowest BCUT2D eigenvalue weighted by molar-refractivity contribution is -0.137. The molecule has 0 bridgehead atoms. The predicted molar refractivity (Wildman–Crippen MR) is 81.7 cm³/mol. The summed E-state index contributed by atoms with van der Waals surface area (Å²) < 4.78 is 39.6. The first-order valence-corrected chi connectivity index (χ1v) is 7.01. The van der Waals surface area contributed by atoms with Crippen molar-refractivity contribution in [1.82, 2.24) is 15.2 Å². The average molecular weight is 317 g/mol. The van der Waals surface area contributed by atoms with Gasteiger partial charge in [0.2, 0.25) is 0 Å². The number of aromatic nitrogens is 3. The Morgan fingerprint density at radius 3 is 2.09 bits per heavy atom. The van der Waals surface area contributed by atoms with E-state index in [2.05, 4.69) is 15.2 Å². The highest BCUT2D eigenvalue weighted by Gasteiger charge is 2.32. The number of nitrogens with one attached hydrogen (secondary N) is 1. The topological polar surface area (TPSA) is 41.6 Å². The van der Waals surface area contributed by atoms with Gasteiger partial charge in [-0.15, -0.1) is 0 Å². The van der Waals surface area contributed by atoms with E-state index >= 15 is 0 Å². The molecule has 0 saturated heterocycles. The van der Waals surface area contributed by atoms with Gasteiger partial charge in [-0.1, -0.05) is 29.8 Å². The van der Waals surface area contributed by atoms with E-state index in [1.807, 2.05) is 19.1 Å². The maximum absolute atomic E-state index is 13.2. The third-order valence-corrected chi connectivity index (χ3v) is 3.47. The van der Waals surface area contributed by atoms with Gasteiger partial charge in [0.15, 0.2) is 0 Å². The molecule has 0 saturated carbocycles. The zero-order chi connectivity index (χ0) is 16.6. The number of aromatic amines is 1. The van der Waals surface area contributed by atoms with Crippen LogP contribution in [0.5, 0.6) is 0 Å². The normalized spacial score (nSPS) is 11.7. The van der Waals surface area contributed by atoms with Gasteiger partial charge in [0.25, 0.3) is 0 Å². The largest absolute Gasteiger partial charge is 0.416 e. The molecule has 3 nitrogen and oxygen atoms in total. The molecule has 2 heterocycles. The van der Waals surface area contributed by atoms with Crippen molar-refractivity contribution in [3.05, 3.63) is 59.3 Å². The molecule has 0 unspecified atom stereocenters. The molecule has 3 rings (SSSR count). The Balaban J connectivity index is 2.17. The molecule has 0 radical (unpaired) electrons. The van der Waals surface area contributed by atoms with Gasteiger partial charge in [-0.05, 0) is 32.0 Å². The molecule has 0 fully saturated rings. The molecular formula is C17H14F3N3. The van der Waals surface area contributed by atoms with Crippen molar-refractivity contribution in [2.24, 2.45) is 0 Å². The van der Waals surface area contributed by atoms with Crippen molar-refractivity contribution in [3.63, 3.8) is 0 Å². The summed E-state index contributed by atoms with van der Waals surface area (Å²) in [6.07, 6.45) is -4.44. The molecule has 6 heteroatoms. The van der Waals surface area contributed by atoms with Gasteiger partial charge < -0.3 is 0 Å². The van der Waals surface area contributed by atoms with Crippen LogP contribution >= 0.6 is 0 Å². The molecule has 0 atom stereocenters. The van der Waals surface area contributed by atoms with Crippen LogP contribution in [0.4, 0.5) is 13.2 Å². The standard InChI is InChI=1S/C17H14F3N3/c1-10-3-5-12(6-4-10)14-8-13(17(18,19)20)9-15(21-14)16-7-11(2)22-23-16/h3-9H,1-2H3,(H,22,23). The fourth-order valence-corrected chi connectivity index (χ4v) is 2.25. The number of hydrogen-bond acceptors (Lipinski definition) is 2. The summed E-state index contributed by atoms with van der Waals surface area (Å²) in [6.45, 7) is 3.70. The fraction of sp³-hybridized carbons (Fsp3) is 0.176. The molecule has 3 aromatic rings. The molecule has 23 heavy (non-hydrogen) atoms. The van der Waals surface area contributed by atoms with Crippen molar-refractivity contribution < 1.29 is 13.2 Å². The lowest BCUT2D eigenvalue weighted by Gasteiger charge is -2.11. The second-order valence-electron chi connectivity index (χ2n) is 5.43. The van der Waals surface area contributed by atoms with Gasteiger partial charge >= 0.3 is 6.18 Å². The highest BCUT2D eigenvalue weighted by atomic mass is 19.4. The molecule has 0 aliphatic carbocycles. The van der Waals surface area contributed by atoms with Crippen molar-refractivity contribution >= 4 is 0 Å². The number of nitrogens with zero attached hydrogens (tertiary/aromatic N) is 2. The molecular weight excluding hydrogens is 303 g/mol. The summed E-state index contributed by atoms with van der Waals surface area (Å²) in [5.74, 6) is 0. The quantitative estimate of drug-likeness (QED) is 0.739. The van der Waals surface area contributed by atoms with Crippen LogP contribution in [0.25, 0.3) is 22.6 Å². The minimum atomic E-state index is -4.44. The maximum atomic E-state index is 13.2. The van der Waals surface area contributed by atoms with Gasteiger partial charge in [0.05, 0.1) is 17.0 Å². The summed E-state index contributed by atoms with van der Waals surface area (Å²) in [4.78, 5) is 4.35. The molecule has 2 aromatic heterocycles. The molecule has 0 aliphatic rings. The van der Waals surface area contributed by atoms with Gasteiger partial charge in [0.1, 0.15) is 5.69 Å². The van der Waals surface area contributed by atoms with Crippen LogP contribution in [-0.2, 0) is 6.18 Å². The first-order chi connectivity index (χ1) is 10.8. The van der Waals surface area contributed by atoms with E-state index in [1.165, 1.54) is 0 Å². The van der Waals surface area contributed by atoms with E-state index < -0.39 is 11.7 Å². The van der Waals surface area contributed by atoms with Crippen LogP contribution < -0.4 is 0 Å². The lowest BCUT2D eigenvalue weighted by atomic mass is 10.1. The summed E-state index contributed by atoms with van der Waals surface area (Å²) in [5, 5.41) is 6.72. The van der Waals surface area contributed by atoms with E-state index in [0.29, 0.717) is 11.3 Å². The van der Waals surface area contributed by atoms with Crippen LogP contribution in [0.15, 0.2) is 42.5 Å². The second kappa shape index (κ2) is 5.53. The highest BCUT2D eigenvalue weighted by Crippen LogP contribution is 2.34. The van der Waals surface area contributed by atoms with E-state index in [4.69, 9.17) is 0 Å². The summed E-state index contributed by atoms with van der Waals surface area (Å²) >= 11 is 0. The Hall–Kier alpha value is -2.63. The zero-order valence-corrected chi connectivity index (χ0v) is 12.6. The van der Waals surface area contributed by atoms with Crippen LogP contribution in [-0.4, -0.2) is 15.2 Å². The number of halogens is 3. The number of hydrogen-bond donors (Lipinski definition) is 1. The second-order valence-corrected chi connectivity index (χ2v) is 5.43. The van der Waals surface area contributed by atoms with Crippen LogP contribution in [0, 0.1) is 13.8 Å². The monoisotopic (exact) mass is 317 g/mol. The van der Waals surface area contributed by atoms with Crippen LogP contribution in [0.2, 0.25) is 0 Å². The number of H-pyrrole nitrogens is 1. The first-order valence-electron chi connectivity index (χ1n) is 7.01.